The third-order valence-electron chi connectivity index (χ3n) is 1.83. The van der Waals surface area contributed by atoms with Crippen LogP contribution < -0.4 is 10.5 Å². The van der Waals surface area contributed by atoms with Crippen LogP contribution >= 0.6 is 27.5 Å². The lowest BCUT2D eigenvalue weighted by molar-refractivity contribution is 0.459. The molecule has 0 atom stereocenters. The minimum Gasteiger partial charge on any atom is -0.436 e. The van der Waals surface area contributed by atoms with E-state index in [1.54, 1.807) is 18.2 Å². The molecule has 0 radical (unpaired) electrons. The van der Waals surface area contributed by atoms with Crippen molar-refractivity contribution >= 4 is 33.2 Å². The molecule has 0 saturated heterocycles. The van der Waals surface area contributed by atoms with Gasteiger partial charge in [0.15, 0.2) is 0 Å². The third kappa shape index (κ3) is 2.25. The van der Waals surface area contributed by atoms with Gasteiger partial charge in [-0.15, -0.1) is 0 Å². The van der Waals surface area contributed by atoms with Crippen LogP contribution in [0.15, 0.2) is 35.2 Å². The largest absolute Gasteiger partial charge is 0.436 e. The van der Waals surface area contributed by atoms with Gasteiger partial charge in [0.05, 0.1) is 10.7 Å². The monoisotopic (exact) mass is 299 g/mol. The number of aromatic nitrogens is 2. The van der Waals surface area contributed by atoms with Gasteiger partial charge < -0.3 is 10.5 Å². The van der Waals surface area contributed by atoms with Gasteiger partial charge in [-0.3, -0.25) is 0 Å². The van der Waals surface area contributed by atoms with E-state index in [0.717, 1.165) is 0 Å². The predicted molar refractivity (Wildman–Crippen MR) is 65.7 cm³/mol. The molecule has 6 heteroatoms. The van der Waals surface area contributed by atoms with Crippen molar-refractivity contribution < 1.29 is 4.74 Å². The normalized spacial score (nSPS) is 10.1. The van der Waals surface area contributed by atoms with E-state index in [1.807, 2.05) is 0 Å². The van der Waals surface area contributed by atoms with Gasteiger partial charge in [-0.25, -0.2) is 9.97 Å². The second kappa shape index (κ2) is 4.67. The highest BCUT2D eigenvalue weighted by molar-refractivity contribution is 9.10. The highest BCUT2D eigenvalue weighted by Gasteiger charge is 2.08. The molecule has 0 saturated carbocycles. The zero-order valence-corrected chi connectivity index (χ0v) is 10.4. The van der Waals surface area contributed by atoms with Crippen LogP contribution in [0.5, 0.6) is 11.6 Å². The fourth-order valence-corrected chi connectivity index (χ4v) is 1.58. The molecule has 0 aliphatic carbocycles. The third-order valence-corrected chi connectivity index (χ3v) is 2.94. The summed E-state index contributed by atoms with van der Waals surface area (Å²) in [6.45, 7) is 0. The van der Waals surface area contributed by atoms with Gasteiger partial charge in [-0.05, 0) is 28.1 Å². The summed E-state index contributed by atoms with van der Waals surface area (Å²) in [5, 5.41) is 0.344. The molecule has 1 aromatic heterocycles. The molecule has 0 bridgehead atoms. The van der Waals surface area contributed by atoms with Crippen molar-refractivity contribution in [2.45, 2.75) is 0 Å². The van der Waals surface area contributed by atoms with Gasteiger partial charge in [0.25, 0.3) is 0 Å². The molecule has 4 nitrogen and oxygen atoms in total. The van der Waals surface area contributed by atoms with Crippen LogP contribution in [0.3, 0.4) is 0 Å². The summed E-state index contributed by atoms with van der Waals surface area (Å²) in [4.78, 5) is 7.68. The number of hydrogen-bond donors (Lipinski definition) is 1. The number of benzene rings is 1. The number of hydrogen-bond acceptors (Lipinski definition) is 4. The van der Waals surface area contributed by atoms with E-state index in [9.17, 15) is 0 Å². The number of ether oxygens (including phenoxy) is 1. The Balaban J connectivity index is 2.35. The first-order valence-corrected chi connectivity index (χ1v) is 5.53. The van der Waals surface area contributed by atoms with Crippen LogP contribution in [-0.2, 0) is 0 Å². The van der Waals surface area contributed by atoms with E-state index in [0.29, 0.717) is 26.8 Å². The molecule has 1 aromatic carbocycles. The Morgan fingerprint density at radius 2 is 2.19 bits per heavy atom. The van der Waals surface area contributed by atoms with Crippen LogP contribution in [0.1, 0.15) is 0 Å². The highest BCUT2D eigenvalue weighted by atomic mass is 79.9. The molecule has 16 heavy (non-hydrogen) atoms. The molecule has 82 valence electrons. The lowest BCUT2D eigenvalue weighted by Crippen LogP contribution is -1.93. The van der Waals surface area contributed by atoms with Crippen LogP contribution in [0.25, 0.3) is 0 Å². The van der Waals surface area contributed by atoms with Crippen LogP contribution in [0, 0.1) is 0 Å². The van der Waals surface area contributed by atoms with Gasteiger partial charge in [0.1, 0.15) is 17.1 Å². The number of nitrogen functional groups attached to an aromatic ring is 1. The molecule has 0 amide bonds. The van der Waals surface area contributed by atoms with Gasteiger partial charge in [0.2, 0.25) is 5.88 Å². The van der Waals surface area contributed by atoms with Crippen molar-refractivity contribution in [1.82, 2.24) is 9.97 Å². The molecule has 2 N–H and O–H groups in total. The number of nitrogens with zero attached hydrogens (tertiary/aromatic N) is 2. The Bertz CT molecular complexity index is 521. The quantitative estimate of drug-likeness (QED) is 0.865. The fourth-order valence-electron chi connectivity index (χ4n) is 1.09. The number of rotatable bonds is 2. The Morgan fingerprint density at radius 1 is 1.38 bits per heavy atom. The smallest absolute Gasteiger partial charge is 0.241 e. The maximum atomic E-state index is 5.87. The van der Waals surface area contributed by atoms with Gasteiger partial charge >= 0.3 is 0 Å². The van der Waals surface area contributed by atoms with E-state index in [2.05, 4.69) is 25.9 Å². The van der Waals surface area contributed by atoms with Gasteiger partial charge in [0, 0.05) is 5.69 Å². The summed E-state index contributed by atoms with van der Waals surface area (Å²) >= 11 is 9.20. The first-order chi connectivity index (χ1) is 7.68. The summed E-state index contributed by atoms with van der Waals surface area (Å²) in [6, 6.07) is 5.31. The van der Waals surface area contributed by atoms with E-state index in [1.165, 1.54) is 12.5 Å². The first kappa shape index (κ1) is 11.2. The lowest BCUT2D eigenvalue weighted by atomic mass is 10.3. The molecule has 2 aromatic rings. The fraction of sp³-hybridized carbons (Fsp3) is 0. The standard InChI is InChI=1S/C10H7BrClN3O/c11-9-7(13)2-1-3-8(9)16-10-6(12)4-14-5-15-10/h1-5H,13H2. The maximum Gasteiger partial charge on any atom is 0.241 e. The van der Waals surface area contributed by atoms with Crippen molar-refractivity contribution in [2.24, 2.45) is 0 Å². The van der Waals surface area contributed by atoms with E-state index >= 15 is 0 Å². The lowest BCUT2D eigenvalue weighted by Gasteiger charge is -2.08. The van der Waals surface area contributed by atoms with E-state index < -0.39 is 0 Å². The van der Waals surface area contributed by atoms with Crippen LogP contribution in [-0.4, -0.2) is 9.97 Å². The SMILES string of the molecule is Nc1cccc(Oc2ncncc2Cl)c1Br. The molecule has 0 spiro atoms. The van der Waals surface area contributed by atoms with Crippen LogP contribution in [0.4, 0.5) is 5.69 Å². The molecule has 0 unspecified atom stereocenters. The van der Waals surface area contributed by atoms with Gasteiger partial charge in [-0.1, -0.05) is 17.7 Å². The topological polar surface area (TPSA) is 61.0 Å². The predicted octanol–water partition coefficient (Wildman–Crippen LogP) is 3.27. The van der Waals surface area contributed by atoms with Crippen LogP contribution in [0.2, 0.25) is 5.02 Å². The number of anilines is 1. The van der Waals surface area contributed by atoms with Crippen molar-refractivity contribution in [3.8, 4) is 11.6 Å². The number of nitrogens with two attached hydrogens (primary N) is 1. The van der Waals surface area contributed by atoms with Crippen molar-refractivity contribution in [3.05, 3.63) is 40.2 Å². The summed E-state index contributed by atoms with van der Waals surface area (Å²) < 4.78 is 6.18. The summed E-state index contributed by atoms with van der Waals surface area (Å²) in [5.74, 6) is 0.851. The Kier molecular flexibility index (Phi) is 3.26. The average molecular weight is 301 g/mol. The Labute approximate surface area is 106 Å². The Hall–Kier alpha value is -1.33. The molecule has 0 aliphatic rings. The minimum absolute atomic E-state index is 0.294. The zero-order valence-electron chi connectivity index (χ0n) is 8.02. The first-order valence-electron chi connectivity index (χ1n) is 4.36. The molecule has 2 rings (SSSR count). The molecule has 1 heterocycles. The average Bonchev–Trinajstić information content (AvgIpc) is 2.28. The molecule has 0 aliphatic heterocycles. The second-order valence-corrected chi connectivity index (χ2v) is 4.14. The number of halogens is 2. The van der Waals surface area contributed by atoms with E-state index in [-0.39, 0.29) is 0 Å². The molecule has 0 fully saturated rings. The van der Waals surface area contributed by atoms with Crippen molar-refractivity contribution in [1.29, 1.82) is 0 Å². The van der Waals surface area contributed by atoms with Crippen molar-refractivity contribution in [3.63, 3.8) is 0 Å². The summed E-state index contributed by atoms with van der Waals surface area (Å²) in [7, 11) is 0. The maximum absolute atomic E-state index is 5.87. The summed E-state index contributed by atoms with van der Waals surface area (Å²) in [6.07, 6.45) is 2.82. The Morgan fingerprint density at radius 3 is 2.94 bits per heavy atom. The van der Waals surface area contributed by atoms with E-state index in [4.69, 9.17) is 22.1 Å². The molecular weight excluding hydrogens is 293 g/mol. The van der Waals surface area contributed by atoms with Gasteiger partial charge in [-0.2, -0.15) is 0 Å². The molecular formula is C10H7BrClN3O. The summed E-state index contributed by atoms with van der Waals surface area (Å²) in [5.41, 5.74) is 6.31. The minimum atomic E-state index is 0.294. The zero-order chi connectivity index (χ0) is 11.5. The second-order valence-electron chi connectivity index (χ2n) is 2.94. The highest BCUT2D eigenvalue weighted by Crippen LogP contribution is 2.34. The van der Waals surface area contributed by atoms with Crippen molar-refractivity contribution in [2.75, 3.05) is 5.73 Å².